The van der Waals surface area contributed by atoms with E-state index in [4.69, 9.17) is 5.73 Å². The molecule has 0 aliphatic carbocycles. The van der Waals surface area contributed by atoms with Crippen molar-refractivity contribution < 1.29 is 4.39 Å². The summed E-state index contributed by atoms with van der Waals surface area (Å²) in [5, 5.41) is 2.64. The van der Waals surface area contributed by atoms with Crippen molar-refractivity contribution in [3.05, 3.63) is 35.2 Å². The van der Waals surface area contributed by atoms with Gasteiger partial charge in [-0.25, -0.2) is 9.37 Å². The van der Waals surface area contributed by atoms with Crippen LogP contribution in [0.5, 0.6) is 0 Å². The molecular weight excluding hydrogens is 201 g/mol. The average Bonchev–Trinajstić information content (AvgIpc) is 2.67. The highest BCUT2D eigenvalue weighted by Gasteiger charge is 2.04. The van der Waals surface area contributed by atoms with Gasteiger partial charge in [0.05, 0.1) is 17.6 Å². The van der Waals surface area contributed by atoms with E-state index in [0.29, 0.717) is 12.2 Å². The van der Waals surface area contributed by atoms with E-state index >= 15 is 0 Å². The smallest absolute Gasteiger partial charge is 0.142 e. The van der Waals surface area contributed by atoms with Gasteiger partial charge < -0.3 is 5.73 Å². The van der Waals surface area contributed by atoms with Gasteiger partial charge in [0, 0.05) is 11.9 Å². The van der Waals surface area contributed by atoms with Crippen LogP contribution in [0.2, 0.25) is 0 Å². The lowest BCUT2D eigenvalue weighted by atomic mass is 10.3. The largest absolute Gasteiger partial charge is 0.325 e. The van der Waals surface area contributed by atoms with Crippen LogP contribution >= 0.6 is 11.3 Å². The van der Waals surface area contributed by atoms with Crippen LogP contribution in [-0.4, -0.2) is 9.97 Å². The third-order valence-corrected chi connectivity index (χ3v) is 2.62. The van der Waals surface area contributed by atoms with Crippen LogP contribution in [0.15, 0.2) is 23.7 Å². The monoisotopic (exact) mass is 209 g/mol. The average molecular weight is 209 g/mol. The molecule has 0 aliphatic rings. The van der Waals surface area contributed by atoms with Gasteiger partial charge in [-0.05, 0) is 12.1 Å². The number of thiazole rings is 1. The standard InChI is InChI=1S/C9H8FN3S/c10-6-1-2-8(12-4-6)9-13-7(3-11)5-14-9/h1-2,4-5H,3,11H2. The fourth-order valence-electron chi connectivity index (χ4n) is 1.02. The summed E-state index contributed by atoms with van der Waals surface area (Å²) in [6.45, 7) is 0.414. The second-order valence-corrected chi connectivity index (χ2v) is 3.57. The van der Waals surface area contributed by atoms with Crippen molar-refractivity contribution in [1.29, 1.82) is 0 Å². The Morgan fingerprint density at radius 3 is 2.86 bits per heavy atom. The zero-order valence-electron chi connectivity index (χ0n) is 7.27. The molecule has 3 nitrogen and oxygen atoms in total. The summed E-state index contributed by atoms with van der Waals surface area (Å²) in [5.41, 5.74) is 6.94. The first-order valence-electron chi connectivity index (χ1n) is 4.06. The molecule has 0 spiro atoms. The molecular formula is C9H8FN3S. The summed E-state index contributed by atoms with van der Waals surface area (Å²) < 4.78 is 12.6. The molecule has 72 valence electrons. The third-order valence-electron chi connectivity index (χ3n) is 1.71. The van der Waals surface area contributed by atoms with E-state index in [1.54, 1.807) is 6.07 Å². The van der Waals surface area contributed by atoms with Crippen LogP contribution in [0.25, 0.3) is 10.7 Å². The highest BCUT2D eigenvalue weighted by molar-refractivity contribution is 7.13. The van der Waals surface area contributed by atoms with Gasteiger partial charge >= 0.3 is 0 Å². The van der Waals surface area contributed by atoms with Gasteiger partial charge in [-0.1, -0.05) is 0 Å². The number of hydrogen-bond donors (Lipinski definition) is 1. The lowest BCUT2D eigenvalue weighted by Gasteiger charge is -1.93. The third kappa shape index (κ3) is 1.78. The Balaban J connectivity index is 2.34. The van der Waals surface area contributed by atoms with Gasteiger partial charge in [-0.2, -0.15) is 0 Å². The molecule has 2 heterocycles. The second kappa shape index (κ2) is 3.81. The molecule has 2 aromatic rings. The Labute approximate surface area is 84.4 Å². The molecule has 0 aliphatic heterocycles. The molecule has 0 saturated heterocycles. The maximum absolute atomic E-state index is 12.6. The van der Waals surface area contributed by atoms with Gasteiger partial charge in [0.2, 0.25) is 0 Å². The van der Waals surface area contributed by atoms with Crippen LogP contribution in [0.3, 0.4) is 0 Å². The minimum Gasteiger partial charge on any atom is -0.325 e. The van der Waals surface area contributed by atoms with Gasteiger partial charge in [-0.3, -0.25) is 4.98 Å². The van der Waals surface area contributed by atoms with Crippen LogP contribution < -0.4 is 5.73 Å². The second-order valence-electron chi connectivity index (χ2n) is 2.71. The predicted molar refractivity (Wildman–Crippen MR) is 53.2 cm³/mol. The van der Waals surface area contributed by atoms with E-state index < -0.39 is 0 Å². The summed E-state index contributed by atoms with van der Waals surface area (Å²) in [7, 11) is 0. The number of nitrogens with zero attached hydrogens (tertiary/aromatic N) is 2. The molecule has 0 saturated carbocycles. The molecule has 0 bridgehead atoms. The molecule has 2 N–H and O–H groups in total. The van der Waals surface area contributed by atoms with Crippen molar-refractivity contribution in [1.82, 2.24) is 9.97 Å². The molecule has 0 amide bonds. The van der Waals surface area contributed by atoms with Gasteiger partial charge in [-0.15, -0.1) is 11.3 Å². The Hall–Kier alpha value is -1.33. The summed E-state index contributed by atoms with van der Waals surface area (Å²) >= 11 is 1.46. The number of pyridine rings is 1. The van der Waals surface area contributed by atoms with E-state index in [0.717, 1.165) is 10.7 Å². The fraction of sp³-hybridized carbons (Fsp3) is 0.111. The first kappa shape index (κ1) is 9.23. The lowest BCUT2D eigenvalue weighted by Crippen LogP contribution is -1.95. The molecule has 0 unspecified atom stereocenters. The number of rotatable bonds is 2. The lowest BCUT2D eigenvalue weighted by molar-refractivity contribution is 0.622. The highest BCUT2D eigenvalue weighted by Crippen LogP contribution is 2.21. The van der Waals surface area contributed by atoms with E-state index in [1.165, 1.54) is 23.6 Å². The topological polar surface area (TPSA) is 51.8 Å². The zero-order valence-corrected chi connectivity index (χ0v) is 8.09. The van der Waals surface area contributed by atoms with Crippen LogP contribution in [-0.2, 0) is 6.54 Å². The number of nitrogens with two attached hydrogens (primary N) is 1. The molecule has 0 fully saturated rings. The first-order valence-corrected chi connectivity index (χ1v) is 4.94. The molecule has 2 rings (SSSR count). The molecule has 0 atom stereocenters. The molecule has 14 heavy (non-hydrogen) atoms. The minimum atomic E-state index is -0.343. The number of hydrogen-bond acceptors (Lipinski definition) is 4. The van der Waals surface area contributed by atoms with Crippen LogP contribution in [0.1, 0.15) is 5.69 Å². The zero-order chi connectivity index (χ0) is 9.97. The molecule has 0 radical (unpaired) electrons. The van der Waals surface area contributed by atoms with E-state index in [1.807, 2.05) is 5.38 Å². The van der Waals surface area contributed by atoms with Gasteiger partial charge in [0.1, 0.15) is 10.8 Å². The van der Waals surface area contributed by atoms with Crippen LogP contribution in [0.4, 0.5) is 4.39 Å². The first-order chi connectivity index (χ1) is 6.79. The van der Waals surface area contributed by atoms with Crippen molar-refractivity contribution in [2.75, 3.05) is 0 Å². The van der Waals surface area contributed by atoms with Crippen LogP contribution in [0, 0.1) is 5.82 Å². The summed E-state index contributed by atoms with van der Waals surface area (Å²) in [4.78, 5) is 8.17. The quantitative estimate of drug-likeness (QED) is 0.820. The van der Waals surface area contributed by atoms with E-state index in [-0.39, 0.29) is 5.82 Å². The maximum Gasteiger partial charge on any atom is 0.142 e. The van der Waals surface area contributed by atoms with Crippen molar-refractivity contribution in [3.8, 4) is 10.7 Å². The minimum absolute atomic E-state index is 0.343. The number of aromatic nitrogens is 2. The summed E-state index contributed by atoms with van der Waals surface area (Å²) in [5.74, 6) is -0.343. The Morgan fingerprint density at radius 1 is 1.43 bits per heavy atom. The normalized spacial score (nSPS) is 10.4. The molecule has 0 aromatic carbocycles. The summed E-state index contributed by atoms with van der Waals surface area (Å²) in [6.07, 6.45) is 1.18. The van der Waals surface area contributed by atoms with Crippen molar-refractivity contribution in [2.24, 2.45) is 5.73 Å². The maximum atomic E-state index is 12.6. The van der Waals surface area contributed by atoms with Gasteiger partial charge in [0.15, 0.2) is 0 Å². The SMILES string of the molecule is NCc1csc(-c2ccc(F)cn2)n1. The fourth-order valence-corrected chi connectivity index (χ4v) is 1.83. The van der Waals surface area contributed by atoms with E-state index in [2.05, 4.69) is 9.97 Å². The Morgan fingerprint density at radius 2 is 2.29 bits per heavy atom. The van der Waals surface area contributed by atoms with Gasteiger partial charge in [0.25, 0.3) is 0 Å². The molecule has 5 heteroatoms. The van der Waals surface area contributed by atoms with Crippen molar-refractivity contribution in [2.45, 2.75) is 6.54 Å². The molecule has 2 aromatic heterocycles. The van der Waals surface area contributed by atoms with Crippen molar-refractivity contribution in [3.63, 3.8) is 0 Å². The number of halogens is 1. The van der Waals surface area contributed by atoms with Crippen molar-refractivity contribution >= 4 is 11.3 Å². The summed E-state index contributed by atoms with van der Waals surface area (Å²) in [6, 6.07) is 2.97. The predicted octanol–water partition coefficient (Wildman–Crippen LogP) is 1.80. The van der Waals surface area contributed by atoms with E-state index in [9.17, 15) is 4.39 Å². The Bertz CT molecular complexity index is 424. The highest BCUT2D eigenvalue weighted by atomic mass is 32.1. The Kier molecular flexibility index (Phi) is 2.51.